The van der Waals surface area contributed by atoms with Gasteiger partial charge in [0.25, 0.3) is 0 Å². The highest BCUT2D eigenvalue weighted by atomic mass is 16.6. The molecule has 17 heavy (non-hydrogen) atoms. The van der Waals surface area contributed by atoms with Crippen molar-refractivity contribution in [2.45, 2.75) is 32.5 Å². The van der Waals surface area contributed by atoms with E-state index in [2.05, 4.69) is 5.92 Å². The predicted molar refractivity (Wildman–Crippen MR) is 65.5 cm³/mol. The Balaban J connectivity index is 2.79. The standard InChI is InChI=1S/C14H16O3/c1-5-13(16-11(2)15)14(3,4)17-12-9-7-6-8-10-12/h1,6-10,13H,2-4H3/t13-/m1/s1. The molecule has 1 atom stereocenters. The third-order valence-electron chi connectivity index (χ3n) is 2.19. The van der Waals surface area contributed by atoms with Crippen LogP contribution in [0, 0.1) is 12.3 Å². The fraction of sp³-hybridized carbons (Fsp3) is 0.357. The number of hydrogen-bond donors (Lipinski definition) is 0. The van der Waals surface area contributed by atoms with E-state index < -0.39 is 17.7 Å². The molecule has 0 fully saturated rings. The molecule has 0 bridgehead atoms. The zero-order valence-corrected chi connectivity index (χ0v) is 10.3. The second kappa shape index (κ2) is 5.40. The van der Waals surface area contributed by atoms with Gasteiger partial charge in [-0.2, -0.15) is 0 Å². The molecule has 1 aromatic carbocycles. The molecule has 0 N–H and O–H groups in total. The van der Waals surface area contributed by atoms with Crippen LogP contribution in [0.2, 0.25) is 0 Å². The van der Waals surface area contributed by atoms with Crippen molar-refractivity contribution in [2.24, 2.45) is 0 Å². The highest BCUT2D eigenvalue weighted by Crippen LogP contribution is 2.22. The van der Waals surface area contributed by atoms with E-state index in [4.69, 9.17) is 15.9 Å². The fourth-order valence-electron chi connectivity index (χ4n) is 1.39. The Bertz CT molecular complexity index is 415. The lowest BCUT2D eigenvalue weighted by atomic mass is 10.0. The van der Waals surface area contributed by atoms with E-state index in [1.54, 1.807) is 13.8 Å². The number of hydrogen-bond acceptors (Lipinski definition) is 3. The molecular weight excluding hydrogens is 216 g/mol. The molecule has 0 heterocycles. The van der Waals surface area contributed by atoms with Crippen LogP contribution in [0.5, 0.6) is 5.75 Å². The molecule has 0 aromatic heterocycles. The minimum Gasteiger partial charge on any atom is -0.483 e. The van der Waals surface area contributed by atoms with Crippen LogP contribution < -0.4 is 4.74 Å². The number of para-hydroxylation sites is 1. The van der Waals surface area contributed by atoms with E-state index in [1.807, 2.05) is 30.3 Å². The second-order valence-corrected chi connectivity index (χ2v) is 4.17. The van der Waals surface area contributed by atoms with Gasteiger partial charge in [0, 0.05) is 6.92 Å². The Kier molecular flexibility index (Phi) is 4.17. The third-order valence-corrected chi connectivity index (χ3v) is 2.19. The summed E-state index contributed by atoms with van der Waals surface area (Å²) in [5.74, 6) is 2.69. The van der Waals surface area contributed by atoms with Crippen molar-refractivity contribution in [1.82, 2.24) is 0 Å². The van der Waals surface area contributed by atoms with E-state index in [9.17, 15) is 4.79 Å². The molecule has 0 saturated carbocycles. The average molecular weight is 232 g/mol. The average Bonchev–Trinajstić information content (AvgIpc) is 2.26. The summed E-state index contributed by atoms with van der Waals surface area (Å²) >= 11 is 0. The Morgan fingerprint density at radius 1 is 1.35 bits per heavy atom. The summed E-state index contributed by atoms with van der Waals surface area (Å²) in [5.41, 5.74) is -0.776. The van der Waals surface area contributed by atoms with Crippen LogP contribution in [0.15, 0.2) is 30.3 Å². The van der Waals surface area contributed by atoms with Gasteiger partial charge in [-0.1, -0.05) is 24.1 Å². The van der Waals surface area contributed by atoms with E-state index >= 15 is 0 Å². The Morgan fingerprint density at radius 3 is 2.41 bits per heavy atom. The molecule has 0 aliphatic heterocycles. The van der Waals surface area contributed by atoms with Gasteiger partial charge in [0.05, 0.1) is 0 Å². The highest BCUT2D eigenvalue weighted by molar-refractivity contribution is 5.66. The van der Waals surface area contributed by atoms with Crippen LogP contribution in [0.25, 0.3) is 0 Å². The predicted octanol–water partition coefficient (Wildman–Crippen LogP) is 2.41. The Hall–Kier alpha value is -1.95. The maximum Gasteiger partial charge on any atom is 0.304 e. The SMILES string of the molecule is C#C[C@@H](OC(C)=O)C(C)(C)Oc1ccccc1. The smallest absolute Gasteiger partial charge is 0.304 e. The van der Waals surface area contributed by atoms with Crippen molar-refractivity contribution in [3.8, 4) is 18.1 Å². The minimum atomic E-state index is -0.776. The first-order chi connectivity index (χ1) is 7.95. The molecule has 90 valence electrons. The van der Waals surface area contributed by atoms with Crippen LogP contribution >= 0.6 is 0 Å². The van der Waals surface area contributed by atoms with Crippen LogP contribution in [0.4, 0.5) is 0 Å². The van der Waals surface area contributed by atoms with Gasteiger partial charge in [0.2, 0.25) is 6.10 Å². The summed E-state index contributed by atoms with van der Waals surface area (Å²) in [4.78, 5) is 10.9. The lowest BCUT2D eigenvalue weighted by Crippen LogP contribution is -2.43. The summed E-state index contributed by atoms with van der Waals surface area (Å²) in [7, 11) is 0. The summed E-state index contributed by atoms with van der Waals surface area (Å²) < 4.78 is 10.8. The lowest BCUT2D eigenvalue weighted by molar-refractivity contribution is -0.151. The zero-order chi connectivity index (χ0) is 12.9. The molecule has 1 rings (SSSR count). The molecule has 0 aliphatic carbocycles. The number of ether oxygens (including phenoxy) is 2. The summed E-state index contributed by atoms with van der Waals surface area (Å²) in [6.45, 7) is 4.89. The van der Waals surface area contributed by atoms with Crippen molar-refractivity contribution in [1.29, 1.82) is 0 Å². The van der Waals surface area contributed by atoms with Gasteiger partial charge in [0.1, 0.15) is 5.75 Å². The van der Waals surface area contributed by atoms with E-state index in [0.717, 1.165) is 0 Å². The van der Waals surface area contributed by atoms with Crippen LogP contribution in [0.1, 0.15) is 20.8 Å². The van der Waals surface area contributed by atoms with Gasteiger partial charge in [-0.3, -0.25) is 4.79 Å². The molecular formula is C14H16O3. The van der Waals surface area contributed by atoms with Gasteiger partial charge >= 0.3 is 5.97 Å². The maximum absolute atomic E-state index is 10.9. The van der Waals surface area contributed by atoms with Gasteiger partial charge in [-0.25, -0.2) is 0 Å². The van der Waals surface area contributed by atoms with E-state index in [1.165, 1.54) is 6.92 Å². The first kappa shape index (κ1) is 13.1. The number of rotatable bonds is 4. The summed E-state index contributed by atoms with van der Waals surface area (Å²) in [6, 6.07) is 9.26. The topological polar surface area (TPSA) is 35.5 Å². The molecule has 3 nitrogen and oxygen atoms in total. The molecule has 3 heteroatoms. The van der Waals surface area contributed by atoms with Crippen molar-refractivity contribution >= 4 is 5.97 Å². The lowest BCUT2D eigenvalue weighted by Gasteiger charge is -2.30. The van der Waals surface area contributed by atoms with Crippen molar-refractivity contribution in [3.05, 3.63) is 30.3 Å². The number of carbonyl (C=O) groups excluding carboxylic acids is 1. The molecule has 1 aromatic rings. The van der Waals surface area contributed by atoms with Gasteiger partial charge < -0.3 is 9.47 Å². The number of terminal acetylenes is 1. The third kappa shape index (κ3) is 3.84. The molecule has 0 saturated heterocycles. The van der Waals surface area contributed by atoms with Gasteiger partial charge in [0.15, 0.2) is 5.60 Å². The molecule has 0 unspecified atom stereocenters. The van der Waals surface area contributed by atoms with Crippen molar-refractivity contribution in [3.63, 3.8) is 0 Å². The molecule has 0 radical (unpaired) electrons. The van der Waals surface area contributed by atoms with Crippen LogP contribution in [-0.4, -0.2) is 17.7 Å². The van der Waals surface area contributed by atoms with Crippen LogP contribution in [0.3, 0.4) is 0 Å². The number of carbonyl (C=O) groups is 1. The van der Waals surface area contributed by atoms with Crippen LogP contribution in [-0.2, 0) is 9.53 Å². The Labute approximate surface area is 102 Å². The first-order valence-corrected chi connectivity index (χ1v) is 5.33. The molecule has 0 spiro atoms. The normalized spacial score (nSPS) is 12.4. The van der Waals surface area contributed by atoms with Crippen molar-refractivity contribution < 1.29 is 14.3 Å². The summed E-state index contributed by atoms with van der Waals surface area (Å²) in [5, 5.41) is 0. The first-order valence-electron chi connectivity index (χ1n) is 5.33. The monoisotopic (exact) mass is 232 g/mol. The highest BCUT2D eigenvalue weighted by Gasteiger charge is 2.33. The van der Waals surface area contributed by atoms with Gasteiger partial charge in [-0.05, 0) is 26.0 Å². The maximum atomic E-state index is 10.9. The van der Waals surface area contributed by atoms with Gasteiger partial charge in [-0.15, -0.1) is 6.42 Å². The van der Waals surface area contributed by atoms with E-state index in [-0.39, 0.29) is 0 Å². The molecule has 0 aliphatic rings. The number of benzene rings is 1. The van der Waals surface area contributed by atoms with Crippen molar-refractivity contribution in [2.75, 3.05) is 0 Å². The number of esters is 1. The quantitative estimate of drug-likeness (QED) is 0.590. The largest absolute Gasteiger partial charge is 0.483 e. The fourth-order valence-corrected chi connectivity index (χ4v) is 1.39. The van der Waals surface area contributed by atoms with E-state index in [0.29, 0.717) is 5.75 Å². The zero-order valence-electron chi connectivity index (χ0n) is 10.3. The Morgan fingerprint density at radius 2 is 1.94 bits per heavy atom. The minimum absolute atomic E-state index is 0.419. The second-order valence-electron chi connectivity index (χ2n) is 4.17. The summed E-state index contributed by atoms with van der Waals surface area (Å²) in [6.07, 6.45) is 4.63. The molecule has 0 amide bonds.